The number of carbonyl (C=O) groups is 1. The van der Waals surface area contributed by atoms with Gasteiger partial charge in [-0.1, -0.05) is 5.16 Å². The number of benzene rings is 1. The number of nitrogens with one attached hydrogen (secondary N) is 2. The van der Waals surface area contributed by atoms with Gasteiger partial charge in [-0.2, -0.15) is 0 Å². The number of hydrogen-bond donors (Lipinski definition) is 2. The molecule has 0 unspecified atom stereocenters. The Morgan fingerprint density at radius 3 is 3.23 bits per heavy atom. The Kier molecular flexibility index (Phi) is 4.36. The summed E-state index contributed by atoms with van der Waals surface area (Å²) in [7, 11) is 1.55. The van der Waals surface area contributed by atoms with Crippen LogP contribution in [0.3, 0.4) is 0 Å². The van der Waals surface area contributed by atoms with E-state index < -0.39 is 0 Å². The van der Waals surface area contributed by atoms with Gasteiger partial charge < -0.3 is 24.6 Å². The molecule has 7 nitrogen and oxygen atoms in total. The van der Waals surface area contributed by atoms with Crippen molar-refractivity contribution in [2.75, 3.05) is 25.6 Å². The maximum absolute atomic E-state index is 12.1. The maximum atomic E-state index is 12.1. The second-order valence-electron chi connectivity index (χ2n) is 4.91. The molecular weight excluding hydrogens is 286 g/mol. The van der Waals surface area contributed by atoms with Crippen LogP contribution in [0, 0.1) is 0 Å². The lowest BCUT2D eigenvalue weighted by molar-refractivity contribution is 0.101. The number of aromatic nitrogens is 1. The van der Waals surface area contributed by atoms with Crippen molar-refractivity contribution in [1.82, 2.24) is 10.5 Å². The molecule has 0 radical (unpaired) electrons. The molecule has 0 aliphatic carbocycles. The molecule has 2 N–H and O–H groups in total. The summed E-state index contributed by atoms with van der Waals surface area (Å²) in [6, 6.07) is 7.12. The minimum absolute atomic E-state index is 0.219. The molecule has 1 aromatic carbocycles. The predicted octanol–water partition coefficient (Wildman–Crippen LogP) is 1.56. The normalized spacial score (nSPS) is 13.9. The summed E-state index contributed by atoms with van der Waals surface area (Å²) < 4.78 is 15.5. The Hall–Kier alpha value is -2.38. The van der Waals surface area contributed by atoms with E-state index in [0.717, 1.165) is 17.9 Å². The van der Waals surface area contributed by atoms with Crippen molar-refractivity contribution in [1.29, 1.82) is 0 Å². The molecule has 0 spiro atoms. The van der Waals surface area contributed by atoms with Gasteiger partial charge in [-0.3, -0.25) is 4.79 Å². The van der Waals surface area contributed by atoms with E-state index in [-0.39, 0.29) is 18.2 Å². The quantitative estimate of drug-likeness (QED) is 0.891. The Labute approximate surface area is 127 Å². The molecule has 1 aliphatic heterocycles. The fraction of sp³-hybridized carbons (Fsp3) is 0.333. The van der Waals surface area contributed by atoms with E-state index in [4.69, 9.17) is 14.0 Å². The first-order valence-electron chi connectivity index (χ1n) is 6.98. The lowest BCUT2D eigenvalue weighted by Crippen LogP contribution is -2.16. The second-order valence-corrected chi connectivity index (χ2v) is 4.91. The molecule has 1 aliphatic rings. The molecule has 0 atom stereocenters. The van der Waals surface area contributed by atoms with Crippen LogP contribution in [0.4, 0.5) is 5.69 Å². The zero-order chi connectivity index (χ0) is 15.4. The van der Waals surface area contributed by atoms with Gasteiger partial charge in [0.1, 0.15) is 19.0 Å². The summed E-state index contributed by atoms with van der Waals surface area (Å²) in [6.45, 7) is 2.43. The van der Waals surface area contributed by atoms with Gasteiger partial charge in [-0.05, 0) is 18.2 Å². The topological polar surface area (TPSA) is 85.6 Å². The van der Waals surface area contributed by atoms with E-state index >= 15 is 0 Å². The van der Waals surface area contributed by atoms with Crippen LogP contribution < -0.4 is 15.4 Å². The van der Waals surface area contributed by atoms with Crippen LogP contribution in [0.2, 0.25) is 0 Å². The highest BCUT2D eigenvalue weighted by Crippen LogP contribution is 2.24. The first-order valence-corrected chi connectivity index (χ1v) is 6.98. The molecule has 0 bridgehead atoms. The van der Waals surface area contributed by atoms with E-state index in [1.165, 1.54) is 0 Å². The Morgan fingerprint density at radius 2 is 2.36 bits per heavy atom. The number of nitrogens with zero attached hydrogens (tertiary/aromatic N) is 1. The molecular formula is C15H17N3O4. The van der Waals surface area contributed by atoms with Gasteiger partial charge in [0.15, 0.2) is 11.5 Å². The van der Waals surface area contributed by atoms with Crippen molar-refractivity contribution in [2.45, 2.75) is 13.2 Å². The molecule has 0 saturated heterocycles. The third kappa shape index (κ3) is 3.26. The first-order chi connectivity index (χ1) is 10.8. The molecule has 0 fully saturated rings. The lowest BCUT2D eigenvalue weighted by Gasteiger charge is -2.09. The van der Waals surface area contributed by atoms with Gasteiger partial charge in [0.2, 0.25) is 0 Å². The summed E-state index contributed by atoms with van der Waals surface area (Å²) >= 11 is 0. The highest BCUT2D eigenvalue weighted by Gasteiger charge is 2.14. The van der Waals surface area contributed by atoms with Crippen molar-refractivity contribution in [2.24, 2.45) is 0 Å². The number of methoxy groups -OCH3 is 1. The Morgan fingerprint density at radius 1 is 1.45 bits per heavy atom. The number of anilines is 1. The summed E-state index contributed by atoms with van der Waals surface area (Å²) in [5, 5.41) is 9.78. The number of fused-ring (bicyclic) bond motifs is 1. The number of carbonyl (C=O) groups excluding carboxylic acids is 1. The highest BCUT2D eigenvalue weighted by atomic mass is 16.5. The van der Waals surface area contributed by atoms with Crippen LogP contribution in [0.25, 0.3) is 0 Å². The average molecular weight is 303 g/mol. The van der Waals surface area contributed by atoms with Crippen molar-refractivity contribution in [3.8, 4) is 5.75 Å². The van der Waals surface area contributed by atoms with Crippen molar-refractivity contribution in [3.05, 3.63) is 41.3 Å². The van der Waals surface area contributed by atoms with Crippen LogP contribution in [0.5, 0.6) is 5.75 Å². The summed E-state index contributed by atoms with van der Waals surface area (Å²) in [4.78, 5) is 12.1. The van der Waals surface area contributed by atoms with Crippen LogP contribution >= 0.6 is 0 Å². The minimum Gasteiger partial charge on any atom is -0.492 e. The zero-order valence-electron chi connectivity index (χ0n) is 12.2. The van der Waals surface area contributed by atoms with Gasteiger partial charge in [0.25, 0.3) is 5.91 Å². The Bertz CT molecular complexity index is 669. The van der Waals surface area contributed by atoms with E-state index in [1.54, 1.807) is 19.2 Å². The predicted molar refractivity (Wildman–Crippen MR) is 78.8 cm³/mol. The molecule has 2 heterocycles. The summed E-state index contributed by atoms with van der Waals surface area (Å²) in [6.07, 6.45) is 0. The third-order valence-corrected chi connectivity index (χ3v) is 3.25. The van der Waals surface area contributed by atoms with E-state index in [2.05, 4.69) is 15.8 Å². The van der Waals surface area contributed by atoms with Crippen molar-refractivity contribution >= 4 is 11.6 Å². The molecule has 7 heteroatoms. The molecule has 1 amide bonds. The summed E-state index contributed by atoms with van der Waals surface area (Å²) in [5.74, 6) is 1.02. The van der Waals surface area contributed by atoms with Gasteiger partial charge in [0, 0.05) is 37.5 Å². The first kappa shape index (κ1) is 14.6. The monoisotopic (exact) mass is 303 g/mol. The van der Waals surface area contributed by atoms with Crippen LogP contribution in [0.1, 0.15) is 21.8 Å². The maximum Gasteiger partial charge on any atom is 0.277 e. The van der Waals surface area contributed by atoms with Crippen LogP contribution in [-0.4, -0.2) is 31.3 Å². The molecule has 1 aromatic heterocycles. The number of hydrogen-bond acceptors (Lipinski definition) is 6. The lowest BCUT2D eigenvalue weighted by atomic mass is 10.1. The van der Waals surface area contributed by atoms with Gasteiger partial charge in [-0.25, -0.2) is 0 Å². The van der Waals surface area contributed by atoms with Gasteiger partial charge in [-0.15, -0.1) is 0 Å². The smallest absolute Gasteiger partial charge is 0.277 e. The summed E-state index contributed by atoms with van der Waals surface area (Å²) in [5.41, 5.74) is 1.92. The average Bonchev–Trinajstić information content (AvgIpc) is 2.86. The fourth-order valence-corrected chi connectivity index (χ4v) is 2.22. The van der Waals surface area contributed by atoms with E-state index in [1.807, 2.05) is 12.1 Å². The number of rotatable bonds is 4. The molecule has 0 saturated carbocycles. The molecule has 22 heavy (non-hydrogen) atoms. The van der Waals surface area contributed by atoms with Crippen molar-refractivity contribution < 1.29 is 18.8 Å². The van der Waals surface area contributed by atoms with E-state index in [0.29, 0.717) is 24.6 Å². The van der Waals surface area contributed by atoms with Gasteiger partial charge >= 0.3 is 0 Å². The van der Waals surface area contributed by atoms with Crippen LogP contribution in [0.15, 0.2) is 28.8 Å². The molecule has 116 valence electrons. The van der Waals surface area contributed by atoms with Crippen molar-refractivity contribution in [3.63, 3.8) is 0 Å². The van der Waals surface area contributed by atoms with Crippen LogP contribution in [-0.2, 0) is 17.9 Å². The zero-order valence-corrected chi connectivity index (χ0v) is 12.2. The minimum atomic E-state index is -0.325. The number of amides is 1. The second kappa shape index (κ2) is 6.59. The number of ether oxygens (including phenoxy) is 2. The molecule has 2 aromatic rings. The largest absolute Gasteiger partial charge is 0.492 e. The van der Waals surface area contributed by atoms with E-state index in [9.17, 15) is 4.79 Å². The van der Waals surface area contributed by atoms with Gasteiger partial charge in [0.05, 0.1) is 0 Å². The Balaban J connectivity index is 1.72. The standard InChI is InChI=1S/C15H17N3O4/c1-20-9-12-7-13(18-22-12)15(19)17-11-2-3-14-10(6-11)8-16-4-5-21-14/h2-3,6-7,16H,4-5,8-9H2,1H3,(H,17,19). The molecule has 3 rings (SSSR count). The fourth-order valence-electron chi connectivity index (χ4n) is 2.22. The SMILES string of the molecule is COCc1cc(C(=O)Nc2ccc3c(c2)CNCCO3)no1. The third-order valence-electron chi connectivity index (χ3n) is 3.25. The highest BCUT2D eigenvalue weighted by molar-refractivity contribution is 6.02.